The Labute approximate surface area is 116 Å². The molecule has 2 N–H and O–H groups in total. The number of hydrogen-bond acceptors (Lipinski definition) is 6. The number of nitrogens with two attached hydrogens (primary N) is 1. The second-order valence-electron chi connectivity index (χ2n) is 4.00. The number of nitrogens with zero attached hydrogens (tertiary/aromatic N) is 3. The number of halogens is 2. The van der Waals surface area contributed by atoms with Gasteiger partial charge in [-0.2, -0.15) is 4.39 Å². The zero-order chi connectivity index (χ0) is 14.9. The molecule has 1 aromatic heterocycles. The highest BCUT2D eigenvalue weighted by Crippen LogP contribution is 2.33. The smallest absolute Gasteiger partial charge is 0.308 e. The van der Waals surface area contributed by atoms with Crippen molar-refractivity contribution in [1.82, 2.24) is 10.2 Å². The van der Waals surface area contributed by atoms with E-state index in [4.69, 9.17) is 5.73 Å². The van der Waals surface area contributed by atoms with Gasteiger partial charge in [0.05, 0.1) is 22.6 Å². The van der Waals surface area contributed by atoms with Crippen LogP contribution in [0.25, 0.3) is 10.6 Å². The molecule has 0 spiro atoms. The summed E-state index contributed by atoms with van der Waals surface area (Å²) >= 11 is 0.985. The third kappa shape index (κ3) is 2.63. The highest BCUT2D eigenvalue weighted by molar-refractivity contribution is 7.14. The van der Waals surface area contributed by atoms with E-state index in [1.54, 1.807) is 0 Å². The topological polar surface area (TPSA) is 94.9 Å². The van der Waals surface area contributed by atoms with Crippen molar-refractivity contribution in [3.05, 3.63) is 38.9 Å². The maximum Gasteiger partial charge on any atom is 0.308 e. The second-order valence-corrected chi connectivity index (χ2v) is 5.01. The molecule has 0 fully saturated rings. The van der Waals surface area contributed by atoms with Crippen molar-refractivity contribution < 1.29 is 13.7 Å². The van der Waals surface area contributed by atoms with Crippen LogP contribution < -0.4 is 5.73 Å². The molecule has 1 aromatic carbocycles. The predicted molar refractivity (Wildman–Crippen MR) is 69.1 cm³/mol. The van der Waals surface area contributed by atoms with Gasteiger partial charge in [-0.3, -0.25) is 10.1 Å². The maximum atomic E-state index is 14.0. The van der Waals surface area contributed by atoms with Crippen LogP contribution >= 0.6 is 11.3 Å². The van der Waals surface area contributed by atoms with E-state index in [0.29, 0.717) is 17.5 Å². The van der Waals surface area contributed by atoms with Crippen LogP contribution in [0.1, 0.15) is 24.4 Å². The van der Waals surface area contributed by atoms with E-state index < -0.39 is 22.2 Å². The van der Waals surface area contributed by atoms with Gasteiger partial charge in [-0.1, -0.05) is 18.3 Å². The van der Waals surface area contributed by atoms with Crippen molar-refractivity contribution in [2.75, 3.05) is 0 Å². The van der Waals surface area contributed by atoms with E-state index >= 15 is 0 Å². The third-order valence-corrected chi connectivity index (χ3v) is 3.73. The normalized spacial score (nSPS) is 12.4. The van der Waals surface area contributed by atoms with Crippen LogP contribution in [-0.4, -0.2) is 15.1 Å². The molecule has 0 radical (unpaired) electrons. The van der Waals surface area contributed by atoms with Gasteiger partial charge in [0, 0.05) is 0 Å². The standard InChI is InChI=1S/C11H10F2N4O2S/c1-2-7(14)11-16-15-10(20-11)6-3-5(12)4-8(9(6)13)17(18)19/h3-4,7H,2,14H2,1H3. The number of hydrogen-bond donors (Lipinski definition) is 1. The van der Waals surface area contributed by atoms with Crippen LogP contribution in [0.2, 0.25) is 0 Å². The molecule has 6 nitrogen and oxygen atoms in total. The van der Waals surface area contributed by atoms with E-state index in [2.05, 4.69) is 10.2 Å². The zero-order valence-electron chi connectivity index (χ0n) is 10.3. The summed E-state index contributed by atoms with van der Waals surface area (Å²) in [5.74, 6) is -2.05. The second kappa shape index (κ2) is 5.55. The van der Waals surface area contributed by atoms with Crippen molar-refractivity contribution in [1.29, 1.82) is 0 Å². The summed E-state index contributed by atoms with van der Waals surface area (Å²) in [5.41, 5.74) is 4.54. The Kier molecular flexibility index (Phi) is 4.00. The average Bonchev–Trinajstić information content (AvgIpc) is 2.89. The van der Waals surface area contributed by atoms with Gasteiger partial charge in [0.25, 0.3) is 0 Å². The van der Waals surface area contributed by atoms with E-state index in [9.17, 15) is 18.9 Å². The van der Waals surface area contributed by atoms with E-state index in [-0.39, 0.29) is 16.6 Å². The molecule has 0 saturated carbocycles. The van der Waals surface area contributed by atoms with Crippen molar-refractivity contribution in [2.45, 2.75) is 19.4 Å². The molecular formula is C11H10F2N4O2S. The molecule has 1 atom stereocenters. The SMILES string of the molecule is CCC(N)c1nnc(-c2cc(F)cc([N+](=O)[O-])c2F)s1. The summed E-state index contributed by atoms with van der Waals surface area (Å²) in [6.07, 6.45) is 0.612. The van der Waals surface area contributed by atoms with Crippen LogP contribution in [-0.2, 0) is 0 Å². The molecule has 0 amide bonds. The van der Waals surface area contributed by atoms with E-state index in [1.165, 1.54) is 0 Å². The van der Waals surface area contributed by atoms with Gasteiger partial charge in [-0.25, -0.2) is 4.39 Å². The summed E-state index contributed by atoms with van der Waals surface area (Å²) in [6, 6.07) is 1.02. The van der Waals surface area contributed by atoms with Gasteiger partial charge in [0.1, 0.15) is 10.8 Å². The molecule has 1 unspecified atom stereocenters. The summed E-state index contributed by atoms with van der Waals surface area (Å²) in [4.78, 5) is 9.68. The molecule has 106 valence electrons. The lowest BCUT2D eigenvalue weighted by Crippen LogP contribution is -2.07. The van der Waals surface area contributed by atoms with Crippen LogP contribution in [0.3, 0.4) is 0 Å². The van der Waals surface area contributed by atoms with Crippen molar-refractivity contribution in [3.8, 4) is 10.6 Å². The summed E-state index contributed by atoms with van der Waals surface area (Å²) in [5, 5.41) is 18.7. The lowest BCUT2D eigenvalue weighted by atomic mass is 10.2. The van der Waals surface area contributed by atoms with Crippen LogP contribution in [0, 0.1) is 21.7 Å². The minimum Gasteiger partial charge on any atom is -0.322 e. The van der Waals surface area contributed by atoms with Crippen molar-refractivity contribution >= 4 is 17.0 Å². The Balaban J connectivity index is 2.52. The lowest BCUT2D eigenvalue weighted by molar-refractivity contribution is -0.387. The predicted octanol–water partition coefficient (Wildman–Crippen LogP) is 2.80. The number of benzene rings is 1. The first-order valence-corrected chi connectivity index (χ1v) is 6.48. The number of aromatic nitrogens is 2. The molecular weight excluding hydrogens is 290 g/mol. The Hall–Kier alpha value is -2.00. The number of nitro groups is 1. The van der Waals surface area contributed by atoms with Gasteiger partial charge in [0.2, 0.25) is 5.82 Å². The fourth-order valence-corrected chi connectivity index (χ4v) is 2.47. The van der Waals surface area contributed by atoms with E-state index in [0.717, 1.165) is 17.4 Å². The minimum atomic E-state index is -1.14. The van der Waals surface area contributed by atoms with Crippen LogP contribution in [0.15, 0.2) is 12.1 Å². The largest absolute Gasteiger partial charge is 0.322 e. The number of nitro benzene ring substituents is 1. The summed E-state index contributed by atoms with van der Waals surface area (Å²) in [7, 11) is 0. The van der Waals surface area contributed by atoms with Crippen molar-refractivity contribution in [2.24, 2.45) is 5.73 Å². The lowest BCUT2D eigenvalue weighted by Gasteiger charge is -2.02. The Morgan fingerprint density at radius 2 is 2.15 bits per heavy atom. The molecule has 1 heterocycles. The molecule has 0 saturated heterocycles. The van der Waals surface area contributed by atoms with Gasteiger partial charge in [-0.05, 0) is 12.5 Å². The Bertz CT molecular complexity index is 662. The van der Waals surface area contributed by atoms with Gasteiger partial charge in [-0.15, -0.1) is 10.2 Å². The highest BCUT2D eigenvalue weighted by Gasteiger charge is 2.23. The molecule has 0 aliphatic heterocycles. The summed E-state index contributed by atoms with van der Waals surface area (Å²) < 4.78 is 27.3. The molecule has 20 heavy (non-hydrogen) atoms. The number of rotatable bonds is 4. The van der Waals surface area contributed by atoms with Gasteiger partial charge >= 0.3 is 5.69 Å². The fraction of sp³-hybridized carbons (Fsp3) is 0.273. The Morgan fingerprint density at radius 1 is 1.45 bits per heavy atom. The summed E-state index contributed by atoms with van der Waals surface area (Å²) in [6.45, 7) is 1.85. The van der Waals surface area contributed by atoms with Gasteiger partial charge in [0.15, 0.2) is 5.01 Å². The third-order valence-electron chi connectivity index (χ3n) is 2.64. The first kappa shape index (κ1) is 14.4. The quantitative estimate of drug-likeness (QED) is 0.692. The zero-order valence-corrected chi connectivity index (χ0v) is 11.2. The first-order valence-electron chi connectivity index (χ1n) is 5.66. The highest BCUT2D eigenvalue weighted by atomic mass is 32.1. The molecule has 0 aliphatic carbocycles. The van der Waals surface area contributed by atoms with Gasteiger partial charge < -0.3 is 5.73 Å². The molecule has 2 rings (SSSR count). The molecule has 2 aromatic rings. The van der Waals surface area contributed by atoms with E-state index in [1.807, 2.05) is 6.92 Å². The average molecular weight is 300 g/mol. The first-order chi connectivity index (χ1) is 9.43. The fourth-order valence-electron chi connectivity index (χ4n) is 1.53. The Morgan fingerprint density at radius 3 is 2.75 bits per heavy atom. The van der Waals surface area contributed by atoms with Crippen LogP contribution in [0.4, 0.5) is 14.5 Å². The minimum absolute atomic E-state index is 0.0593. The monoisotopic (exact) mass is 300 g/mol. The van der Waals surface area contributed by atoms with Crippen LogP contribution in [0.5, 0.6) is 0 Å². The molecule has 0 bridgehead atoms. The molecule has 9 heteroatoms. The van der Waals surface area contributed by atoms with Crippen molar-refractivity contribution in [3.63, 3.8) is 0 Å². The molecule has 0 aliphatic rings. The maximum absolute atomic E-state index is 14.0.